The van der Waals surface area contributed by atoms with Crippen LogP contribution in [0.25, 0.3) is 0 Å². The molecule has 0 N–H and O–H groups in total. The van der Waals surface area contributed by atoms with E-state index in [0.29, 0.717) is 13.2 Å². The van der Waals surface area contributed by atoms with E-state index in [1.165, 1.54) is 6.08 Å². The number of rotatable bonds is 4. The van der Waals surface area contributed by atoms with E-state index in [0.717, 1.165) is 0 Å². The van der Waals surface area contributed by atoms with Crippen molar-refractivity contribution in [2.75, 3.05) is 13.2 Å². The van der Waals surface area contributed by atoms with Crippen molar-refractivity contribution >= 4 is 5.97 Å². The smallest absolute Gasteiger partial charge is 0.330 e. The Balaban J connectivity index is 2.05. The molecule has 0 aromatic heterocycles. The van der Waals surface area contributed by atoms with E-state index in [9.17, 15) is 4.79 Å². The number of carbonyl (C=O) groups is 1. The van der Waals surface area contributed by atoms with Crippen LogP contribution in [-0.4, -0.2) is 49.1 Å². The van der Waals surface area contributed by atoms with Gasteiger partial charge in [0.05, 0.1) is 13.2 Å². The fourth-order valence-electron chi connectivity index (χ4n) is 2.49. The molecule has 2 fully saturated rings. The number of hydrogen-bond acceptors (Lipinski definition) is 6. The molecular formula is C15H24O6. The van der Waals surface area contributed by atoms with Gasteiger partial charge in [-0.1, -0.05) is 0 Å². The minimum atomic E-state index is -0.732. The maximum absolute atomic E-state index is 11.4. The zero-order valence-corrected chi connectivity index (χ0v) is 13.3. The van der Waals surface area contributed by atoms with Crippen LogP contribution in [0.4, 0.5) is 0 Å². The van der Waals surface area contributed by atoms with Gasteiger partial charge in [0.15, 0.2) is 11.6 Å². The molecule has 3 atom stereocenters. The van der Waals surface area contributed by atoms with Crippen LogP contribution in [0, 0.1) is 0 Å². The summed E-state index contributed by atoms with van der Waals surface area (Å²) < 4.78 is 28.0. The van der Waals surface area contributed by atoms with Crippen LogP contribution < -0.4 is 0 Å². The molecule has 0 amide bonds. The summed E-state index contributed by atoms with van der Waals surface area (Å²) >= 11 is 0. The number of carbonyl (C=O) groups excluding carboxylic acids is 1. The fourth-order valence-corrected chi connectivity index (χ4v) is 2.49. The van der Waals surface area contributed by atoms with Crippen LogP contribution in [0.2, 0.25) is 0 Å². The Bertz CT molecular complexity index is 414. The lowest BCUT2D eigenvalue weighted by Crippen LogP contribution is -2.37. The van der Waals surface area contributed by atoms with Crippen LogP contribution in [0.15, 0.2) is 12.2 Å². The van der Waals surface area contributed by atoms with E-state index < -0.39 is 17.5 Å². The third-order valence-electron chi connectivity index (χ3n) is 3.27. The summed E-state index contributed by atoms with van der Waals surface area (Å²) in [6.07, 6.45) is 2.08. The number of esters is 1. The first-order chi connectivity index (χ1) is 9.72. The van der Waals surface area contributed by atoms with Crippen molar-refractivity contribution < 1.29 is 28.5 Å². The van der Waals surface area contributed by atoms with Gasteiger partial charge in [0.1, 0.15) is 18.3 Å². The zero-order chi connectivity index (χ0) is 15.7. The van der Waals surface area contributed by atoms with Gasteiger partial charge in [-0.2, -0.15) is 0 Å². The molecule has 0 bridgehead atoms. The van der Waals surface area contributed by atoms with E-state index in [1.54, 1.807) is 13.0 Å². The first kappa shape index (κ1) is 16.4. The predicted octanol–water partition coefficient (Wildman–Crippen LogP) is 1.78. The molecule has 0 spiro atoms. The summed E-state index contributed by atoms with van der Waals surface area (Å²) in [6.45, 7) is 9.92. The molecule has 2 saturated heterocycles. The maximum Gasteiger partial charge on any atom is 0.330 e. The number of ether oxygens (including phenoxy) is 5. The monoisotopic (exact) mass is 300 g/mol. The van der Waals surface area contributed by atoms with Gasteiger partial charge < -0.3 is 23.7 Å². The van der Waals surface area contributed by atoms with Crippen molar-refractivity contribution in [1.29, 1.82) is 0 Å². The molecule has 0 unspecified atom stereocenters. The summed E-state index contributed by atoms with van der Waals surface area (Å²) in [4.78, 5) is 11.4. The normalized spacial score (nSPS) is 34.4. The second-order valence-corrected chi connectivity index (χ2v) is 6.04. The highest BCUT2D eigenvalue weighted by Crippen LogP contribution is 2.35. The molecule has 2 aliphatic rings. The van der Waals surface area contributed by atoms with Crippen molar-refractivity contribution in [2.45, 2.75) is 64.5 Å². The largest absolute Gasteiger partial charge is 0.463 e. The Morgan fingerprint density at radius 1 is 1.19 bits per heavy atom. The van der Waals surface area contributed by atoms with Gasteiger partial charge in [-0.25, -0.2) is 4.79 Å². The molecule has 0 aliphatic carbocycles. The van der Waals surface area contributed by atoms with Crippen molar-refractivity contribution in [1.82, 2.24) is 0 Å². The lowest BCUT2D eigenvalue weighted by molar-refractivity contribution is -0.174. The first-order valence-corrected chi connectivity index (χ1v) is 7.25. The second-order valence-electron chi connectivity index (χ2n) is 6.04. The lowest BCUT2D eigenvalue weighted by Gasteiger charge is -2.22. The van der Waals surface area contributed by atoms with Gasteiger partial charge >= 0.3 is 5.97 Å². The van der Waals surface area contributed by atoms with Gasteiger partial charge in [-0.3, -0.25) is 0 Å². The van der Waals surface area contributed by atoms with Gasteiger partial charge in [0, 0.05) is 6.08 Å². The standard InChI is InChI=1S/C15H24O6/c1-6-17-12(16)8-7-10-13(21-15(4,5)19-10)11-9-18-14(2,3)20-11/h7-8,10-11,13H,6,9H2,1-5H3/b8-7+/t10-,11-,13+/m1/s1. The van der Waals surface area contributed by atoms with Crippen molar-refractivity contribution in [2.24, 2.45) is 0 Å². The molecule has 2 heterocycles. The quantitative estimate of drug-likeness (QED) is 0.582. The van der Waals surface area contributed by atoms with Crippen LogP contribution >= 0.6 is 0 Å². The Morgan fingerprint density at radius 3 is 2.48 bits per heavy atom. The van der Waals surface area contributed by atoms with E-state index >= 15 is 0 Å². The first-order valence-electron chi connectivity index (χ1n) is 7.25. The maximum atomic E-state index is 11.4. The van der Waals surface area contributed by atoms with Crippen LogP contribution in [-0.2, 0) is 28.5 Å². The van der Waals surface area contributed by atoms with E-state index in [2.05, 4.69) is 0 Å². The van der Waals surface area contributed by atoms with E-state index in [-0.39, 0.29) is 18.3 Å². The predicted molar refractivity (Wildman–Crippen MR) is 74.5 cm³/mol. The Labute approximate surface area is 125 Å². The average molecular weight is 300 g/mol. The summed E-state index contributed by atoms with van der Waals surface area (Å²) in [5.41, 5.74) is 0. The minimum absolute atomic E-state index is 0.237. The zero-order valence-electron chi connectivity index (χ0n) is 13.3. The van der Waals surface area contributed by atoms with Gasteiger partial charge in [0.25, 0.3) is 0 Å². The molecule has 2 aliphatic heterocycles. The third-order valence-corrected chi connectivity index (χ3v) is 3.27. The van der Waals surface area contributed by atoms with E-state index in [4.69, 9.17) is 23.7 Å². The summed E-state index contributed by atoms with van der Waals surface area (Å²) in [5, 5.41) is 0. The summed E-state index contributed by atoms with van der Waals surface area (Å²) in [6, 6.07) is 0. The molecule has 120 valence electrons. The van der Waals surface area contributed by atoms with Crippen molar-refractivity contribution in [3.8, 4) is 0 Å². The molecule has 0 radical (unpaired) electrons. The molecule has 0 saturated carbocycles. The van der Waals surface area contributed by atoms with Crippen molar-refractivity contribution in [3.63, 3.8) is 0 Å². The Hall–Kier alpha value is -0.950. The lowest BCUT2D eigenvalue weighted by atomic mass is 10.1. The molecule has 2 rings (SSSR count). The molecular weight excluding hydrogens is 276 g/mol. The van der Waals surface area contributed by atoms with Gasteiger partial charge in [-0.15, -0.1) is 0 Å². The van der Waals surface area contributed by atoms with E-state index in [1.807, 2.05) is 27.7 Å². The van der Waals surface area contributed by atoms with Gasteiger partial charge in [-0.05, 0) is 40.7 Å². The Morgan fingerprint density at radius 2 is 1.90 bits per heavy atom. The second kappa shape index (κ2) is 6.04. The third kappa shape index (κ3) is 4.26. The highest BCUT2D eigenvalue weighted by Gasteiger charge is 2.48. The highest BCUT2D eigenvalue weighted by atomic mass is 16.8. The van der Waals surface area contributed by atoms with Crippen LogP contribution in [0.5, 0.6) is 0 Å². The molecule has 6 nitrogen and oxygen atoms in total. The van der Waals surface area contributed by atoms with Crippen LogP contribution in [0.1, 0.15) is 34.6 Å². The molecule has 0 aromatic carbocycles. The minimum Gasteiger partial charge on any atom is -0.463 e. The van der Waals surface area contributed by atoms with Crippen LogP contribution in [0.3, 0.4) is 0 Å². The number of hydrogen-bond donors (Lipinski definition) is 0. The average Bonchev–Trinajstić information content (AvgIpc) is 2.86. The Kier molecular flexibility index (Phi) is 4.72. The topological polar surface area (TPSA) is 63.2 Å². The van der Waals surface area contributed by atoms with Crippen molar-refractivity contribution in [3.05, 3.63) is 12.2 Å². The molecule has 0 aromatic rings. The summed E-state index contributed by atoms with van der Waals surface area (Å²) in [7, 11) is 0. The van der Waals surface area contributed by atoms with Gasteiger partial charge in [0.2, 0.25) is 0 Å². The summed E-state index contributed by atoms with van der Waals surface area (Å²) in [5.74, 6) is -1.76. The molecule has 6 heteroatoms. The molecule has 21 heavy (non-hydrogen) atoms. The highest BCUT2D eigenvalue weighted by molar-refractivity contribution is 5.81. The SMILES string of the molecule is CCOC(=O)/C=C/[C@H]1OC(C)(C)O[C@@H]1[C@H]1COC(C)(C)O1. The fraction of sp³-hybridized carbons (Fsp3) is 0.800.